The lowest BCUT2D eigenvalue weighted by atomic mass is 9.99. The van der Waals surface area contributed by atoms with E-state index in [0.29, 0.717) is 6.42 Å². The van der Waals surface area contributed by atoms with Gasteiger partial charge in [-0.3, -0.25) is 9.59 Å². The molecule has 1 aliphatic rings. The summed E-state index contributed by atoms with van der Waals surface area (Å²) in [5, 5.41) is 2.64. The molecular formula is C21H30N2O4. The summed E-state index contributed by atoms with van der Waals surface area (Å²) in [5.74, 6) is -0.158. The summed E-state index contributed by atoms with van der Waals surface area (Å²) in [5.41, 5.74) is 2.50. The Morgan fingerprint density at radius 2 is 1.93 bits per heavy atom. The summed E-state index contributed by atoms with van der Waals surface area (Å²) < 4.78 is 5.19. The van der Waals surface area contributed by atoms with Gasteiger partial charge in [-0.2, -0.15) is 0 Å². The average molecular weight is 374 g/mol. The van der Waals surface area contributed by atoms with Crippen LogP contribution in [0.5, 0.6) is 0 Å². The zero-order chi connectivity index (χ0) is 20.0. The molecule has 6 heteroatoms. The number of nitrogens with zero attached hydrogens (tertiary/aromatic N) is 1. The van der Waals surface area contributed by atoms with E-state index in [1.807, 2.05) is 12.1 Å². The molecule has 0 saturated heterocycles. The number of fused-ring (bicyclic) bond motifs is 1. The average Bonchev–Trinajstić information content (AvgIpc) is 3.07. The second-order valence-electron chi connectivity index (χ2n) is 7.82. The number of hydrogen-bond acceptors (Lipinski definition) is 4. The highest BCUT2D eigenvalue weighted by Crippen LogP contribution is 2.25. The van der Waals surface area contributed by atoms with Crippen LogP contribution in [-0.4, -0.2) is 47.9 Å². The molecule has 0 atom stereocenters. The number of rotatable bonds is 7. The smallest absolute Gasteiger partial charge is 0.407 e. The molecule has 2 rings (SSSR count). The number of nitrogens with one attached hydrogen (secondary N) is 1. The zero-order valence-corrected chi connectivity index (χ0v) is 16.8. The van der Waals surface area contributed by atoms with E-state index in [2.05, 4.69) is 11.4 Å². The molecule has 0 fully saturated rings. The molecule has 1 N–H and O–H groups in total. The Bertz CT molecular complexity index is 707. The molecule has 6 nitrogen and oxygen atoms in total. The van der Waals surface area contributed by atoms with Crippen molar-refractivity contribution in [2.75, 3.05) is 19.6 Å². The van der Waals surface area contributed by atoms with Crippen LogP contribution in [0.2, 0.25) is 0 Å². The summed E-state index contributed by atoms with van der Waals surface area (Å²) in [6.07, 6.45) is 2.77. The Hall–Kier alpha value is -2.37. The minimum Gasteiger partial charge on any atom is -0.444 e. The number of hydrogen-bond donors (Lipinski definition) is 1. The third-order valence-electron chi connectivity index (χ3n) is 4.49. The van der Waals surface area contributed by atoms with E-state index < -0.39 is 11.7 Å². The number of alkyl carbamates (subject to hydrolysis) is 1. The van der Waals surface area contributed by atoms with Crippen LogP contribution in [0, 0.1) is 0 Å². The van der Waals surface area contributed by atoms with Gasteiger partial charge in [0.25, 0.3) is 0 Å². The van der Waals surface area contributed by atoms with Crippen molar-refractivity contribution in [3.8, 4) is 0 Å². The normalized spacial score (nSPS) is 13.0. The molecule has 0 unspecified atom stereocenters. The fourth-order valence-electron chi connectivity index (χ4n) is 3.26. The molecule has 27 heavy (non-hydrogen) atoms. The van der Waals surface area contributed by atoms with Gasteiger partial charge in [0.1, 0.15) is 5.60 Å². The first kappa shape index (κ1) is 20.9. The highest BCUT2D eigenvalue weighted by Gasteiger charge is 2.22. The van der Waals surface area contributed by atoms with Crippen LogP contribution < -0.4 is 5.32 Å². The largest absolute Gasteiger partial charge is 0.444 e. The van der Waals surface area contributed by atoms with Gasteiger partial charge in [0.2, 0.25) is 5.91 Å². The van der Waals surface area contributed by atoms with E-state index in [9.17, 15) is 14.4 Å². The Balaban J connectivity index is 1.97. The maximum atomic E-state index is 12.8. The second kappa shape index (κ2) is 9.02. The van der Waals surface area contributed by atoms with Gasteiger partial charge in [-0.1, -0.05) is 25.1 Å². The van der Waals surface area contributed by atoms with Gasteiger partial charge in [0, 0.05) is 25.1 Å². The van der Waals surface area contributed by atoms with Gasteiger partial charge in [0.05, 0.1) is 6.54 Å². The first-order chi connectivity index (χ1) is 12.7. The number of carbonyl (C=O) groups is 3. The van der Waals surface area contributed by atoms with Crippen molar-refractivity contribution in [1.29, 1.82) is 0 Å². The molecular weight excluding hydrogens is 344 g/mol. The molecule has 0 aromatic heterocycles. The van der Waals surface area contributed by atoms with Crippen molar-refractivity contribution >= 4 is 17.8 Å². The van der Waals surface area contributed by atoms with E-state index in [4.69, 9.17) is 4.74 Å². The van der Waals surface area contributed by atoms with Crippen LogP contribution >= 0.6 is 0 Å². The third-order valence-corrected chi connectivity index (χ3v) is 4.49. The molecule has 1 aliphatic carbocycles. The zero-order valence-electron chi connectivity index (χ0n) is 16.8. The van der Waals surface area contributed by atoms with E-state index in [1.165, 1.54) is 10.5 Å². The predicted molar refractivity (Wildman–Crippen MR) is 104 cm³/mol. The van der Waals surface area contributed by atoms with E-state index in [-0.39, 0.29) is 31.3 Å². The fourth-order valence-corrected chi connectivity index (χ4v) is 3.26. The van der Waals surface area contributed by atoms with Gasteiger partial charge in [0.15, 0.2) is 5.78 Å². The molecule has 0 heterocycles. The first-order valence-electron chi connectivity index (χ1n) is 9.60. The van der Waals surface area contributed by atoms with Crippen LogP contribution in [0.4, 0.5) is 4.79 Å². The fraction of sp³-hybridized carbons (Fsp3) is 0.571. The van der Waals surface area contributed by atoms with Crippen molar-refractivity contribution in [3.05, 3.63) is 34.9 Å². The number of amides is 2. The molecule has 0 spiro atoms. The van der Waals surface area contributed by atoms with Gasteiger partial charge in [-0.25, -0.2) is 4.79 Å². The summed E-state index contributed by atoms with van der Waals surface area (Å²) >= 11 is 0. The second-order valence-corrected chi connectivity index (χ2v) is 7.82. The molecule has 148 valence electrons. The Kier molecular flexibility index (Phi) is 6.99. The highest BCUT2D eigenvalue weighted by atomic mass is 16.6. The molecule has 2 amide bonds. The van der Waals surface area contributed by atoms with Crippen molar-refractivity contribution < 1.29 is 19.1 Å². The molecule has 1 aromatic carbocycles. The SMILES string of the molecule is CCC(=O)N(CCNC(=O)OC(C)(C)C)CC(=O)c1cccc2c1CCC2. The lowest BCUT2D eigenvalue weighted by molar-refractivity contribution is -0.130. The molecule has 1 aromatic rings. The number of ether oxygens (including phenoxy) is 1. The lowest BCUT2D eigenvalue weighted by Gasteiger charge is -2.23. The van der Waals surface area contributed by atoms with Crippen molar-refractivity contribution in [3.63, 3.8) is 0 Å². The summed E-state index contributed by atoms with van der Waals surface area (Å²) in [4.78, 5) is 38.3. The van der Waals surface area contributed by atoms with Crippen LogP contribution in [0.15, 0.2) is 18.2 Å². The van der Waals surface area contributed by atoms with Gasteiger partial charge in [-0.05, 0) is 51.2 Å². The van der Waals surface area contributed by atoms with E-state index in [0.717, 1.165) is 30.4 Å². The van der Waals surface area contributed by atoms with Crippen LogP contribution in [0.1, 0.15) is 62.0 Å². The number of carbonyl (C=O) groups excluding carboxylic acids is 3. The summed E-state index contributed by atoms with van der Waals surface area (Å²) in [6.45, 7) is 7.66. The Labute approximate surface area is 161 Å². The van der Waals surface area contributed by atoms with Gasteiger partial charge < -0.3 is 15.0 Å². The number of ketones is 1. The number of benzene rings is 1. The Morgan fingerprint density at radius 1 is 1.19 bits per heavy atom. The highest BCUT2D eigenvalue weighted by molar-refractivity contribution is 6.01. The van der Waals surface area contributed by atoms with Crippen LogP contribution in [0.3, 0.4) is 0 Å². The maximum absolute atomic E-state index is 12.8. The van der Waals surface area contributed by atoms with Crippen molar-refractivity contribution in [2.45, 2.75) is 59.0 Å². The topological polar surface area (TPSA) is 75.7 Å². The van der Waals surface area contributed by atoms with Crippen LogP contribution in [-0.2, 0) is 22.4 Å². The minimum atomic E-state index is -0.577. The van der Waals surface area contributed by atoms with Crippen LogP contribution in [0.25, 0.3) is 0 Å². The van der Waals surface area contributed by atoms with Gasteiger partial charge >= 0.3 is 6.09 Å². The predicted octanol–water partition coefficient (Wildman–Crippen LogP) is 3.12. The first-order valence-corrected chi connectivity index (χ1v) is 9.60. The molecule has 0 radical (unpaired) electrons. The standard InChI is InChI=1S/C21H30N2O4/c1-5-19(25)23(13-12-22-20(26)27-21(2,3)4)14-18(24)17-11-7-9-15-8-6-10-16(15)17/h7,9,11H,5-6,8,10,12-14H2,1-4H3,(H,22,26). The minimum absolute atomic E-state index is 0.0269. The van der Waals surface area contributed by atoms with Crippen molar-refractivity contribution in [2.24, 2.45) is 0 Å². The maximum Gasteiger partial charge on any atom is 0.407 e. The molecule has 0 bridgehead atoms. The quantitative estimate of drug-likeness (QED) is 0.744. The van der Waals surface area contributed by atoms with E-state index >= 15 is 0 Å². The summed E-state index contributed by atoms with van der Waals surface area (Å²) in [6, 6.07) is 5.83. The third kappa shape index (κ3) is 6.08. The summed E-state index contributed by atoms with van der Waals surface area (Å²) in [7, 11) is 0. The van der Waals surface area contributed by atoms with Crippen molar-refractivity contribution in [1.82, 2.24) is 10.2 Å². The molecule has 0 aliphatic heterocycles. The monoisotopic (exact) mass is 374 g/mol. The molecule has 0 saturated carbocycles. The number of Topliss-reactive ketones (excluding diaryl/α,β-unsaturated/α-hetero) is 1. The van der Waals surface area contributed by atoms with E-state index in [1.54, 1.807) is 27.7 Å². The van der Waals surface area contributed by atoms with Gasteiger partial charge in [-0.15, -0.1) is 0 Å². The Morgan fingerprint density at radius 3 is 2.59 bits per heavy atom. The number of aryl methyl sites for hydroxylation is 1. The lowest BCUT2D eigenvalue weighted by Crippen LogP contribution is -2.42.